The predicted molar refractivity (Wildman–Crippen MR) is 83.8 cm³/mol. The quantitative estimate of drug-likeness (QED) is 0.887. The summed E-state index contributed by atoms with van der Waals surface area (Å²) in [5, 5.41) is 13.7. The van der Waals surface area contributed by atoms with Crippen LogP contribution in [0.1, 0.15) is 50.8 Å². The Bertz CT molecular complexity index is 414. The van der Waals surface area contributed by atoms with Crippen molar-refractivity contribution in [2.75, 3.05) is 20.1 Å². The summed E-state index contributed by atoms with van der Waals surface area (Å²) in [5.74, 6) is 0. The average Bonchev–Trinajstić information content (AvgIpc) is 2.40. The molecule has 3 nitrogen and oxygen atoms in total. The topological polar surface area (TPSA) is 35.5 Å². The number of piperidine rings is 1. The van der Waals surface area contributed by atoms with Gasteiger partial charge >= 0.3 is 0 Å². The van der Waals surface area contributed by atoms with Crippen LogP contribution in [-0.4, -0.2) is 36.2 Å². The molecule has 0 amide bonds. The zero-order valence-electron chi connectivity index (χ0n) is 13.2. The second-order valence-corrected chi connectivity index (χ2v) is 6.65. The Kier molecular flexibility index (Phi) is 4.84. The van der Waals surface area contributed by atoms with Crippen LogP contribution in [0.5, 0.6) is 0 Å². The minimum absolute atomic E-state index is 0.360. The number of hydrogen-bond acceptors (Lipinski definition) is 3. The van der Waals surface area contributed by atoms with Gasteiger partial charge in [0.05, 0.1) is 5.60 Å². The zero-order valence-corrected chi connectivity index (χ0v) is 13.2. The standard InChI is InChI=1S/C17H28N2O/c1-13(18-16-9-11-19(4)12-10-16)14-5-7-15(8-6-14)17(2,3)20/h5-8,13,16,18,20H,9-12H2,1-4H3. The summed E-state index contributed by atoms with van der Waals surface area (Å²) in [4.78, 5) is 2.39. The van der Waals surface area contributed by atoms with Crippen LogP contribution in [0.4, 0.5) is 0 Å². The average molecular weight is 276 g/mol. The monoisotopic (exact) mass is 276 g/mol. The smallest absolute Gasteiger partial charge is 0.0840 e. The molecular weight excluding hydrogens is 248 g/mol. The Morgan fingerprint density at radius 1 is 1.20 bits per heavy atom. The lowest BCUT2D eigenvalue weighted by Gasteiger charge is -2.32. The maximum Gasteiger partial charge on any atom is 0.0840 e. The highest BCUT2D eigenvalue weighted by Crippen LogP contribution is 2.23. The van der Waals surface area contributed by atoms with Crippen LogP contribution in [0.2, 0.25) is 0 Å². The van der Waals surface area contributed by atoms with Crippen molar-refractivity contribution in [1.29, 1.82) is 0 Å². The van der Waals surface area contributed by atoms with E-state index < -0.39 is 5.60 Å². The van der Waals surface area contributed by atoms with Crippen molar-refractivity contribution in [3.05, 3.63) is 35.4 Å². The number of nitrogens with one attached hydrogen (secondary N) is 1. The van der Waals surface area contributed by atoms with E-state index in [1.165, 1.54) is 31.5 Å². The molecule has 0 radical (unpaired) electrons. The van der Waals surface area contributed by atoms with Crippen LogP contribution >= 0.6 is 0 Å². The molecule has 0 spiro atoms. The van der Waals surface area contributed by atoms with E-state index in [4.69, 9.17) is 0 Å². The summed E-state index contributed by atoms with van der Waals surface area (Å²) in [7, 11) is 2.19. The number of hydrogen-bond donors (Lipinski definition) is 2. The third kappa shape index (κ3) is 4.05. The summed E-state index contributed by atoms with van der Waals surface area (Å²) >= 11 is 0. The lowest BCUT2D eigenvalue weighted by atomic mass is 9.95. The van der Waals surface area contributed by atoms with Gasteiger partial charge in [-0.15, -0.1) is 0 Å². The molecule has 112 valence electrons. The second-order valence-electron chi connectivity index (χ2n) is 6.65. The molecule has 0 saturated carbocycles. The molecule has 1 aromatic carbocycles. The number of nitrogens with zero attached hydrogens (tertiary/aromatic N) is 1. The molecule has 1 fully saturated rings. The van der Waals surface area contributed by atoms with E-state index in [9.17, 15) is 5.11 Å². The van der Waals surface area contributed by atoms with E-state index >= 15 is 0 Å². The zero-order chi connectivity index (χ0) is 14.8. The van der Waals surface area contributed by atoms with E-state index in [2.05, 4.69) is 36.3 Å². The first-order valence-corrected chi connectivity index (χ1v) is 7.63. The molecule has 0 aliphatic carbocycles. The molecule has 1 aliphatic rings. The van der Waals surface area contributed by atoms with Gasteiger partial charge in [-0.05, 0) is 64.9 Å². The molecule has 1 atom stereocenters. The van der Waals surface area contributed by atoms with Gasteiger partial charge in [-0.2, -0.15) is 0 Å². The Labute approximate surface area is 123 Å². The summed E-state index contributed by atoms with van der Waals surface area (Å²) in [5.41, 5.74) is 1.49. The molecule has 20 heavy (non-hydrogen) atoms. The van der Waals surface area contributed by atoms with Crippen molar-refractivity contribution in [2.45, 2.75) is 51.3 Å². The van der Waals surface area contributed by atoms with Gasteiger partial charge in [0.15, 0.2) is 0 Å². The van der Waals surface area contributed by atoms with Crippen LogP contribution in [0.25, 0.3) is 0 Å². The molecule has 1 aliphatic heterocycles. The van der Waals surface area contributed by atoms with Crippen molar-refractivity contribution in [3.8, 4) is 0 Å². The van der Waals surface area contributed by atoms with Gasteiger partial charge in [-0.3, -0.25) is 0 Å². The number of benzene rings is 1. The van der Waals surface area contributed by atoms with E-state index in [1.807, 2.05) is 26.0 Å². The molecule has 1 saturated heterocycles. The first-order chi connectivity index (χ1) is 9.36. The Morgan fingerprint density at radius 3 is 2.25 bits per heavy atom. The maximum absolute atomic E-state index is 9.98. The Morgan fingerprint density at radius 2 is 1.75 bits per heavy atom. The molecule has 1 unspecified atom stereocenters. The number of likely N-dealkylation sites (tertiary alicyclic amines) is 1. The number of aliphatic hydroxyl groups is 1. The van der Waals surface area contributed by atoms with Crippen molar-refractivity contribution >= 4 is 0 Å². The van der Waals surface area contributed by atoms with Gasteiger partial charge in [-0.1, -0.05) is 24.3 Å². The van der Waals surface area contributed by atoms with Crippen LogP contribution < -0.4 is 5.32 Å². The SMILES string of the molecule is CC(NC1CCN(C)CC1)c1ccc(C(C)(C)O)cc1. The van der Waals surface area contributed by atoms with Gasteiger partial charge in [0.2, 0.25) is 0 Å². The second kappa shape index (κ2) is 6.25. The van der Waals surface area contributed by atoms with Gasteiger partial charge in [-0.25, -0.2) is 0 Å². The third-order valence-corrected chi connectivity index (χ3v) is 4.32. The fraction of sp³-hybridized carbons (Fsp3) is 0.647. The lowest BCUT2D eigenvalue weighted by Crippen LogP contribution is -2.41. The molecule has 0 aromatic heterocycles. The summed E-state index contributed by atoms with van der Waals surface area (Å²) < 4.78 is 0. The highest BCUT2D eigenvalue weighted by atomic mass is 16.3. The maximum atomic E-state index is 9.98. The Balaban J connectivity index is 1.94. The largest absolute Gasteiger partial charge is 0.386 e. The molecule has 1 heterocycles. The molecular formula is C17H28N2O. The third-order valence-electron chi connectivity index (χ3n) is 4.32. The van der Waals surface area contributed by atoms with Crippen molar-refractivity contribution < 1.29 is 5.11 Å². The van der Waals surface area contributed by atoms with Gasteiger partial charge in [0.25, 0.3) is 0 Å². The fourth-order valence-electron chi connectivity index (χ4n) is 2.80. The lowest BCUT2D eigenvalue weighted by molar-refractivity contribution is 0.0786. The normalized spacial score (nSPS) is 20.1. The van der Waals surface area contributed by atoms with E-state index in [0.29, 0.717) is 12.1 Å². The molecule has 1 aromatic rings. The van der Waals surface area contributed by atoms with Crippen LogP contribution in [-0.2, 0) is 5.60 Å². The van der Waals surface area contributed by atoms with Crippen LogP contribution in [0.3, 0.4) is 0 Å². The molecule has 0 bridgehead atoms. The first kappa shape index (κ1) is 15.5. The minimum atomic E-state index is -0.761. The van der Waals surface area contributed by atoms with Crippen LogP contribution in [0, 0.1) is 0 Å². The van der Waals surface area contributed by atoms with Crippen molar-refractivity contribution in [2.24, 2.45) is 0 Å². The highest BCUT2D eigenvalue weighted by Gasteiger charge is 2.19. The molecule has 2 rings (SSSR count). The summed E-state index contributed by atoms with van der Waals surface area (Å²) in [6.45, 7) is 8.23. The predicted octanol–water partition coefficient (Wildman–Crippen LogP) is 2.66. The van der Waals surface area contributed by atoms with Gasteiger partial charge < -0.3 is 15.3 Å². The van der Waals surface area contributed by atoms with Crippen LogP contribution in [0.15, 0.2) is 24.3 Å². The van der Waals surface area contributed by atoms with Crippen molar-refractivity contribution in [1.82, 2.24) is 10.2 Å². The highest BCUT2D eigenvalue weighted by molar-refractivity contribution is 5.28. The molecule has 2 N–H and O–H groups in total. The van der Waals surface area contributed by atoms with Gasteiger partial charge in [0, 0.05) is 12.1 Å². The summed E-state index contributed by atoms with van der Waals surface area (Å²) in [6.07, 6.45) is 2.45. The van der Waals surface area contributed by atoms with Crippen molar-refractivity contribution in [3.63, 3.8) is 0 Å². The minimum Gasteiger partial charge on any atom is -0.386 e. The van der Waals surface area contributed by atoms with E-state index in [0.717, 1.165) is 5.56 Å². The first-order valence-electron chi connectivity index (χ1n) is 7.63. The fourth-order valence-corrected chi connectivity index (χ4v) is 2.80. The van der Waals surface area contributed by atoms with E-state index in [-0.39, 0.29) is 0 Å². The molecule has 3 heteroatoms. The van der Waals surface area contributed by atoms with E-state index in [1.54, 1.807) is 0 Å². The Hall–Kier alpha value is -0.900. The van der Waals surface area contributed by atoms with Gasteiger partial charge in [0.1, 0.15) is 0 Å². The summed E-state index contributed by atoms with van der Waals surface area (Å²) in [6, 6.07) is 9.29. The number of rotatable bonds is 4.